The molecule has 1 aromatic rings. The number of benzene rings is 1. The third-order valence-corrected chi connectivity index (χ3v) is 1.99. The van der Waals surface area contributed by atoms with Crippen molar-refractivity contribution in [2.75, 3.05) is 18.9 Å². The molecule has 1 rings (SSSR count). The average Bonchev–Trinajstić information content (AvgIpc) is 2.30. The molecule has 5 heteroatoms. The highest BCUT2D eigenvalue weighted by molar-refractivity contribution is 5.98. The molecule has 4 N–H and O–H groups in total. The molecule has 5 nitrogen and oxygen atoms in total. The number of rotatable bonds is 3. The van der Waals surface area contributed by atoms with Gasteiger partial charge in [0.2, 0.25) is 0 Å². The number of anilines is 1. The molecule has 1 aromatic carbocycles. The molecule has 0 saturated heterocycles. The molecule has 0 heterocycles. The second-order valence-electron chi connectivity index (χ2n) is 3.14. The highest BCUT2D eigenvalue weighted by Crippen LogP contribution is 2.09. The Morgan fingerprint density at radius 1 is 1.38 bits per heavy atom. The normalized spacial score (nSPS) is 11.0. The first kappa shape index (κ1) is 12.0. The van der Waals surface area contributed by atoms with Gasteiger partial charge >= 0.3 is 6.03 Å². The Morgan fingerprint density at radius 2 is 2.00 bits per heavy atom. The van der Waals surface area contributed by atoms with Crippen LogP contribution in [-0.4, -0.2) is 25.5 Å². The van der Waals surface area contributed by atoms with Crippen LogP contribution < -0.4 is 16.4 Å². The number of urea groups is 1. The Labute approximate surface area is 94.8 Å². The third-order valence-electron chi connectivity index (χ3n) is 1.99. The van der Waals surface area contributed by atoms with Crippen LogP contribution in [0.3, 0.4) is 0 Å². The summed E-state index contributed by atoms with van der Waals surface area (Å²) in [4.78, 5) is 15.1. The van der Waals surface area contributed by atoms with Gasteiger partial charge in [0.15, 0.2) is 0 Å². The van der Waals surface area contributed by atoms with Gasteiger partial charge in [0, 0.05) is 24.8 Å². The molecule has 2 amide bonds. The van der Waals surface area contributed by atoms with Gasteiger partial charge < -0.3 is 16.4 Å². The summed E-state index contributed by atoms with van der Waals surface area (Å²) >= 11 is 0. The highest BCUT2D eigenvalue weighted by atomic mass is 16.2. The number of nitrogens with two attached hydrogens (primary N) is 1. The van der Waals surface area contributed by atoms with Gasteiger partial charge in [-0.3, -0.25) is 4.99 Å². The second-order valence-corrected chi connectivity index (χ2v) is 3.14. The monoisotopic (exact) mass is 220 g/mol. The van der Waals surface area contributed by atoms with Crippen LogP contribution in [0.4, 0.5) is 10.5 Å². The first-order valence-electron chi connectivity index (χ1n) is 5.06. The SMILES string of the molecule is CCN=C(N)c1ccc(NC(=O)NC)cc1. The van der Waals surface area contributed by atoms with E-state index in [4.69, 9.17) is 5.73 Å². The number of aliphatic imine (C=N–C) groups is 1. The van der Waals surface area contributed by atoms with Crippen LogP contribution in [0.25, 0.3) is 0 Å². The number of amidine groups is 1. The number of hydrogen-bond donors (Lipinski definition) is 3. The van der Waals surface area contributed by atoms with Gasteiger partial charge in [0.05, 0.1) is 0 Å². The van der Waals surface area contributed by atoms with E-state index in [2.05, 4.69) is 15.6 Å². The lowest BCUT2D eigenvalue weighted by Crippen LogP contribution is -2.24. The minimum Gasteiger partial charge on any atom is -0.384 e. The summed E-state index contributed by atoms with van der Waals surface area (Å²) in [6.45, 7) is 2.58. The zero-order valence-corrected chi connectivity index (χ0v) is 9.45. The van der Waals surface area contributed by atoms with Gasteiger partial charge in [-0.2, -0.15) is 0 Å². The molecule has 16 heavy (non-hydrogen) atoms. The van der Waals surface area contributed by atoms with Crippen LogP contribution in [0.2, 0.25) is 0 Å². The minimum atomic E-state index is -0.247. The Balaban J connectivity index is 2.75. The van der Waals surface area contributed by atoms with Crippen molar-refractivity contribution in [3.05, 3.63) is 29.8 Å². The predicted octanol–water partition coefficient (Wildman–Crippen LogP) is 1.16. The van der Waals surface area contributed by atoms with Crippen molar-refractivity contribution in [2.24, 2.45) is 10.7 Å². The quantitative estimate of drug-likeness (QED) is 0.528. The fourth-order valence-corrected chi connectivity index (χ4v) is 1.18. The molecule has 86 valence electrons. The lowest BCUT2D eigenvalue weighted by atomic mass is 10.2. The van der Waals surface area contributed by atoms with E-state index < -0.39 is 0 Å². The van der Waals surface area contributed by atoms with Crippen molar-refractivity contribution >= 4 is 17.6 Å². The molecular formula is C11H16N4O. The van der Waals surface area contributed by atoms with E-state index >= 15 is 0 Å². The van der Waals surface area contributed by atoms with Gasteiger partial charge in [-0.15, -0.1) is 0 Å². The van der Waals surface area contributed by atoms with Gasteiger partial charge in [0.25, 0.3) is 0 Å². The van der Waals surface area contributed by atoms with E-state index in [9.17, 15) is 4.79 Å². The second kappa shape index (κ2) is 5.75. The van der Waals surface area contributed by atoms with Crippen LogP contribution in [-0.2, 0) is 0 Å². The number of nitrogens with one attached hydrogen (secondary N) is 2. The lowest BCUT2D eigenvalue weighted by Gasteiger charge is -2.05. The molecule has 0 aliphatic heterocycles. The standard InChI is InChI=1S/C11H16N4O/c1-3-14-10(12)8-4-6-9(7-5-8)15-11(16)13-2/h4-7H,3H2,1-2H3,(H2,12,14)(H2,13,15,16). The molecule has 0 aromatic heterocycles. The molecule has 0 bridgehead atoms. The molecular weight excluding hydrogens is 204 g/mol. The molecule has 0 aliphatic rings. The molecule has 0 spiro atoms. The van der Waals surface area contributed by atoms with E-state index in [-0.39, 0.29) is 6.03 Å². The molecule has 0 saturated carbocycles. The first-order chi connectivity index (χ1) is 7.67. The Morgan fingerprint density at radius 3 is 2.50 bits per heavy atom. The van der Waals surface area contributed by atoms with Crippen molar-refractivity contribution in [3.63, 3.8) is 0 Å². The minimum absolute atomic E-state index is 0.247. The smallest absolute Gasteiger partial charge is 0.318 e. The number of nitrogens with zero attached hydrogens (tertiary/aromatic N) is 1. The molecule has 0 aliphatic carbocycles. The van der Waals surface area contributed by atoms with Crippen LogP contribution in [0.5, 0.6) is 0 Å². The summed E-state index contributed by atoms with van der Waals surface area (Å²) in [7, 11) is 1.57. The largest absolute Gasteiger partial charge is 0.384 e. The number of amides is 2. The number of hydrogen-bond acceptors (Lipinski definition) is 2. The van der Waals surface area contributed by atoms with Gasteiger partial charge in [0.1, 0.15) is 5.84 Å². The van der Waals surface area contributed by atoms with Crippen molar-refractivity contribution in [1.29, 1.82) is 0 Å². The van der Waals surface area contributed by atoms with E-state index in [1.807, 2.05) is 19.1 Å². The average molecular weight is 220 g/mol. The predicted molar refractivity (Wildman–Crippen MR) is 65.8 cm³/mol. The zero-order valence-electron chi connectivity index (χ0n) is 9.45. The topological polar surface area (TPSA) is 79.5 Å². The number of carbonyl (C=O) groups is 1. The number of carbonyl (C=O) groups excluding carboxylic acids is 1. The summed E-state index contributed by atoms with van der Waals surface area (Å²) in [5.41, 5.74) is 7.30. The zero-order chi connectivity index (χ0) is 12.0. The fourth-order valence-electron chi connectivity index (χ4n) is 1.18. The first-order valence-corrected chi connectivity index (χ1v) is 5.06. The Kier molecular flexibility index (Phi) is 4.32. The van der Waals surface area contributed by atoms with Gasteiger partial charge in [-0.1, -0.05) is 0 Å². The maximum absolute atomic E-state index is 11.0. The Bertz CT molecular complexity index is 383. The summed E-state index contributed by atoms with van der Waals surface area (Å²) in [5, 5.41) is 5.13. The van der Waals surface area contributed by atoms with E-state index in [0.717, 1.165) is 5.56 Å². The summed E-state index contributed by atoms with van der Waals surface area (Å²) < 4.78 is 0. The molecule has 0 atom stereocenters. The fraction of sp³-hybridized carbons (Fsp3) is 0.273. The molecule has 0 fully saturated rings. The summed E-state index contributed by atoms with van der Waals surface area (Å²) in [6, 6.07) is 6.95. The van der Waals surface area contributed by atoms with Crippen LogP contribution >= 0.6 is 0 Å². The van der Waals surface area contributed by atoms with Crippen molar-refractivity contribution in [1.82, 2.24) is 5.32 Å². The van der Waals surface area contributed by atoms with Crippen molar-refractivity contribution < 1.29 is 4.79 Å². The third kappa shape index (κ3) is 3.27. The summed E-state index contributed by atoms with van der Waals surface area (Å²) in [5.74, 6) is 0.508. The van der Waals surface area contributed by atoms with Crippen LogP contribution in [0, 0.1) is 0 Å². The van der Waals surface area contributed by atoms with Crippen LogP contribution in [0.1, 0.15) is 12.5 Å². The van der Waals surface area contributed by atoms with Gasteiger partial charge in [-0.05, 0) is 31.2 Å². The van der Waals surface area contributed by atoms with Crippen molar-refractivity contribution in [3.8, 4) is 0 Å². The maximum Gasteiger partial charge on any atom is 0.318 e. The van der Waals surface area contributed by atoms with Gasteiger partial charge in [-0.25, -0.2) is 4.79 Å². The lowest BCUT2D eigenvalue weighted by molar-refractivity contribution is 0.254. The highest BCUT2D eigenvalue weighted by Gasteiger charge is 2.00. The van der Waals surface area contributed by atoms with Crippen LogP contribution in [0.15, 0.2) is 29.3 Å². The van der Waals surface area contributed by atoms with Crippen molar-refractivity contribution in [2.45, 2.75) is 6.92 Å². The van der Waals surface area contributed by atoms with E-state index in [1.165, 1.54) is 0 Å². The Hall–Kier alpha value is -2.04. The summed E-state index contributed by atoms with van der Waals surface area (Å²) in [6.07, 6.45) is 0. The van der Waals surface area contributed by atoms with E-state index in [1.54, 1.807) is 19.2 Å². The maximum atomic E-state index is 11.0. The molecule has 0 radical (unpaired) electrons. The van der Waals surface area contributed by atoms with E-state index in [0.29, 0.717) is 18.1 Å². The molecule has 0 unspecified atom stereocenters.